The molecular formula is C18H21F2N3O3S. The molecule has 2 N–H and O–H groups in total. The zero-order valence-electron chi connectivity index (χ0n) is 15.0. The van der Waals surface area contributed by atoms with Gasteiger partial charge >= 0.3 is 6.09 Å². The van der Waals surface area contributed by atoms with Crippen LogP contribution in [0.2, 0.25) is 0 Å². The second-order valence-electron chi connectivity index (χ2n) is 6.87. The SMILES string of the molecule is CC(C)(SCc1ccc(F)cc1)[C@H](NC(=O)O)C(=O)N1C[C@@H](F)C[C@H]1C#N. The Morgan fingerprint density at radius 1 is 1.44 bits per heavy atom. The van der Waals surface area contributed by atoms with Gasteiger partial charge in [-0.2, -0.15) is 5.26 Å². The van der Waals surface area contributed by atoms with Crippen molar-refractivity contribution in [3.8, 4) is 6.07 Å². The van der Waals surface area contributed by atoms with Crippen molar-refractivity contribution < 1.29 is 23.5 Å². The maximum absolute atomic E-state index is 13.7. The molecule has 2 amide bonds. The summed E-state index contributed by atoms with van der Waals surface area (Å²) in [6, 6.07) is 5.69. The van der Waals surface area contributed by atoms with Gasteiger partial charge in [0.2, 0.25) is 5.91 Å². The average molecular weight is 397 g/mol. The topological polar surface area (TPSA) is 93.4 Å². The Labute approximate surface area is 160 Å². The Bertz CT molecular complexity index is 736. The molecule has 0 bridgehead atoms. The van der Waals surface area contributed by atoms with Crippen molar-refractivity contribution in [2.45, 2.75) is 49.0 Å². The number of hydrogen-bond acceptors (Lipinski definition) is 4. The van der Waals surface area contributed by atoms with Gasteiger partial charge in [-0.1, -0.05) is 12.1 Å². The third-order valence-corrected chi connectivity index (χ3v) is 5.87. The first-order valence-electron chi connectivity index (χ1n) is 8.36. The number of carboxylic acid groups (broad SMARTS) is 1. The van der Waals surface area contributed by atoms with Crippen LogP contribution in [0, 0.1) is 17.1 Å². The number of rotatable bonds is 6. The van der Waals surface area contributed by atoms with Crippen LogP contribution in [0.3, 0.4) is 0 Å². The van der Waals surface area contributed by atoms with E-state index in [2.05, 4.69) is 5.32 Å². The summed E-state index contributed by atoms with van der Waals surface area (Å²) in [5.74, 6) is -0.562. The first kappa shape index (κ1) is 21.0. The van der Waals surface area contributed by atoms with Crippen LogP contribution in [0.4, 0.5) is 13.6 Å². The van der Waals surface area contributed by atoms with Gasteiger partial charge in [-0.25, -0.2) is 13.6 Å². The monoisotopic (exact) mass is 397 g/mol. The highest BCUT2D eigenvalue weighted by Crippen LogP contribution is 2.34. The van der Waals surface area contributed by atoms with Crippen molar-refractivity contribution in [1.82, 2.24) is 10.2 Å². The summed E-state index contributed by atoms with van der Waals surface area (Å²) in [6.45, 7) is 3.17. The highest BCUT2D eigenvalue weighted by molar-refractivity contribution is 7.99. The Morgan fingerprint density at radius 3 is 2.63 bits per heavy atom. The van der Waals surface area contributed by atoms with Crippen molar-refractivity contribution >= 4 is 23.8 Å². The minimum Gasteiger partial charge on any atom is -0.465 e. The minimum atomic E-state index is -1.38. The van der Waals surface area contributed by atoms with Crippen LogP contribution in [0.5, 0.6) is 0 Å². The summed E-state index contributed by atoms with van der Waals surface area (Å²) in [5.41, 5.74) is 0.816. The molecule has 0 saturated carbocycles. The second kappa shape index (κ2) is 8.57. The summed E-state index contributed by atoms with van der Waals surface area (Å²) in [7, 11) is 0. The fraction of sp³-hybridized carbons (Fsp3) is 0.500. The number of carbonyl (C=O) groups excluding carboxylic acids is 1. The lowest BCUT2D eigenvalue weighted by Crippen LogP contribution is -2.58. The van der Waals surface area contributed by atoms with Gasteiger partial charge in [-0.05, 0) is 31.5 Å². The molecule has 1 aliphatic heterocycles. The van der Waals surface area contributed by atoms with Crippen LogP contribution < -0.4 is 5.32 Å². The summed E-state index contributed by atoms with van der Waals surface area (Å²) < 4.78 is 25.8. The van der Waals surface area contributed by atoms with E-state index in [0.717, 1.165) is 10.5 Å². The van der Waals surface area contributed by atoms with Crippen LogP contribution in [-0.4, -0.2) is 51.6 Å². The molecule has 2 rings (SSSR count). The number of nitrogens with one attached hydrogen (secondary N) is 1. The fourth-order valence-corrected chi connectivity index (χ4v) is 3.96. The van der Waals surface area contributed by atoms with Gasteiger partial charge in [-0.15, -0.1) is 11.8 Å². The Balaban J connectivity index is 2.17. The molecule has 27 heavy (non-hydrogen) atoms. The largest absolute Gasteiger partial charge is 0.465 e. The number of benzene rings is 1. The number of hydrogen-bond donors (Lipinski definition) is 2. The van der Waals surface area contributed by atoms with E-state index in [0.29, 0.717) is 5.75 Å². The summed E-state index contributed by atoms with van der Waals surface area (Å²) in [6.07, 6.45) is -2.77. The van der Waals surface area contributed by atoms with E-state index in [1.54, 1.807) is 26.0 Å². The van der Waals surface area contributed by atoms with E-state index in [4.69, 9.17) is 10.4 Å². The second-order valence-corrected chi connectivity index (χ2v) is 8.50. The number of likely N-dealkylation sites (tertiary alicyclic amines) is 1. The van der Waals surface area contributed by atoms with Crippen molar-refractivity contribution in [3.05, 3.63) is 35.6 Å². The standard InChI is InChI=1S/C18H21F2N3O3S/c1-18(2,27-10-11-3-5-12(19)6-4-11)15(22-17(25)26)16(24)23-9-13(20)7-14(23)8-21/h3-6,13-15,22H,7,9-10H2,1-2H3,(H,25,26)/t13-,14-,15+/m0/s1. The van der Waals surface area contributed by atoms with Crippen LogP contribution in [0.1, 0.15) is 25.8 Å². The Morgan fingerprint density at radius 2 is 2.07 bits per heavy atom. The molecule has 1 fully saturated rings. The van der Waals surface area contributed by atoms with E-state index < -0.39 is 35.0 Å². The smallest absolute Gasteiger partial charge is 0.405 e. The lowest BCUT2D eigenvalue weighted by Gasteiger charge is -2.35. The zero-order chi connectivity index (χ0) is 20.2. The van der Waals surface area contributed by atoms with E-state index in [-0.39, 0.29) is 18.8 Å². The molecule has 0 aromatic heterocycles. The molecule has 0 unspecified atom stereocenters. The Kier molecular flexibility index (Phi) is 6.65. The predicted molar refractivity (Wildman–Crippen MR) is 97.3 cm³/mol. The quantitative estimate of drug-likeness (QED) is 0.770. The fourth-order valence-electron chi connectivity index (χ4n) is 2.91. The first-order valence-corrected chi connectivity index (χ1v) is 9.34. The van der Waals surface area contributed by atoms with Gasteiger partial charge in [0.25, 0.3) is 0 Å². The number of thioether (sulfide) groups is 1. The van der Waals surface area contributed by atoms with Crippen molar-refractivity contribution in [1.29, 1.82) is 5.26 Å². The number of halogens is 2. The van der Waals surface area contributed by atoms with Crippen LogP contribution in [0.15, 0.2) is 24.3 Å². The average Bonchev–Trinajstić information content (AvgIpc) is 2.99. The maximum atomic E-state index is 13.7. The van der Waals surface area contributed by atoms with Crippen LogP contribution in [-0.2, 0) is 10.5 Å². The molecule has 3 atom stereocenters. The molecule has 9 heteroatoms. The van der Waals surface area contributed by atoms with E-state index >= 15 is 0 Å². The van der Waals surface area contributed by atoms with Crippen LogP contribution in [0.25, 0.3) is 0 Å². The molecule has 1 saturated heterocycles. The summed E-state index contributed by atoms with van der Waals surface area (Å²) >= 11 is 1.31. The number of amides is 2. The third kappa shape index (κ3) is 5.32. The van der Waals surface area contributed by atoms with Crippen molar-refractivity contribution in [2.24, 2.45) is 0 Å². The molecule has 1 aromatic carbocycles. The van der Waals surface area contributed by atoms with Gasteiger partial charge in [0, 0.05) is 16.9 Å². The highest BCUT2D eigenvalue weighted by Gasteiger charge is 2.44. The third-order valence-electron chi connectivity index (χ3n) is 4.42. The Hall–Kier alpha value is -2.34. The molecule has 1 aliphatic rings. The highest BCUT2D eigenvalue weighted by atomic mass is 32.2. The molecule has 0 aliphatic carbocycles. The molecule has 0 radical (unpaired) electrons. The molecule has 146 valence electrons. The van der Waals surface area contributed by atoms with Gasteiger partial charge in [0.05, 0.1) is 12.6 Å². The molecular weight excluding hydrogens is 376 g/mol. The van der Waals surface area contributed by atoms with Crippen LogP contribution >= 0.6 is 11.8 Å². The molecule has 6 nitrogen and oxygen atoms in total. The number of nitriles is 1. The lowest BCUT2D eigenvalue weighted by molar-refractivity contribution is -0.134. The van der Waals surface area contributed by atoms with Crippen molar-refractivity contribution in [2.75, 3.05) is 6.54 Å². The number of alkyl halides is 1. The van der Waals surface area contributed by atoms with E-state index in [1.807, 2.05) is 6.07 Å². The van der Waals surface area contributed by atoms with Gasteiger partial charge in [0.15, 0.2) is 0 Å². The predicted octanol–water partition coefficient (Wildman–Crippen LogP) is 2.94. The summed E-state index contributed by atoms with van der Waals surface area (Å²) in [5, 5.41) is 20.5. The first-order chi connectivity index (χ1) is 12.6. The van der Waals surface area contributed by atoms with Gasteiger partial charge < -0.3 is 15.3 Å². The van der Waals surface area contributed by atoms with Gasteiger partial charge in [0.1, 0.15) is 24.1 Å². The van der Waals surface area contributed by atoms with Crippen molar-refractivity contribution in [3.63, 3.8) is 0 Å². The number of carbonyl (C=O) groups is 2. The molecule has 1 aromatic rings. The maximum Gasteiger partial charge on any atom is 0.405 e. The van der Waals surface area contributed by atoms with Gasteiger partial charge in [-0.3, -0.25) is 4.79 Å². The minimum absolute atomic E-state index is 0.0782. The zero-order valence-corrected chi connectivity index (χ0v) is 15.8. The normalized spacial score (nSPS) is 20.8. The molecule has 1 heterocycles. The number of nitrogens with zero attached hydrogens (tertiary/aromatic N) is 2. The lowest BCUT2D eigenvalue weighted by atomic mass is 10.0. The summed E-state index contributed by atoms with van der Waals surface area (Å²) in [4.78, 5) is 25.3. The molecule has 0 spiro atoms. The van der Waals surface area contributed by atoms with E-state index in [9.17, 15) is 18.4 Å². The van der Waals surface area contributed by atoms with E-state index in [1.165, 1.54) is 23.9 Å².